The molecule has 3 N–H and O–H groups in total. The standard InChI is InChI=1S/C20H26N6O3S/c1-13(2)15-9-8-14(3)16(10-15)11-26-24-19(23-25-26)17-6-5-7-18(22-17)20(4,27)12-30(21,28)29/h5-10,13,27H,11-12H2,1-4H3,(H2,21,28,29). The predicted molar refractivity (Wildman–Crippen MR) is 113 cm³/mol. The van der Waals surface area contributed by atoms with Gasteiger partial charge < -0.3 is 5.11 Å². The summed E-state index contributed by atoms with van der Waals surface area (Å²) in [6, 6.07) is 11.2. The van der Waals surface area contributed by atoms with Crippen LogP contribution in [0.25, 0.3) is 11.5 Å². The van der Waals surface area contributed by atoms with Crippen molar-refractivity contribution in [1.29, 1.82) is 0 Å². The van der Waals surface area contributed by atoms with Crippen LogP contribution in [0.2, 0.25) is 0 Å². The summed E-state index contributed by atoms with van der Waals surface area (Å²) in [6.07, 6.45) is 0. The molecule has 0 aliphatic heterocycles. The number of hydrogen-bond acceptors (Lipinski definition) is 7. The van der Waals surface area contributed by atoms with Crippen molar-refractivity contribution in [3.05, 3.63) is 58.8 Å². The maximum atomic E-state index is 11.4. The second kappa shape index (κ2) is 8.21. The zero-order valence-corrected chi connectivity index (χ0v) is 18.3. The fourth-order valence-corrected chi connectivity index (χ4v) is 4.04. The van der Waals surface area contributed by atoms with Gasteiger partial charge in [0.25, 0.3) is 0 Å². The minimum Gasteiger partial charge on any atom is -0.383 e. The maximum absolute atomic E-state index is 11.4. The highest BCUT2D eigenvalue weighted by Crippen LogP contribution is 2.23. The molecular formula is C20H26N6O3S. The summed E-state index contributed by atoms with van der Waals surface area (Å²) >= 11 is 0. The number of primary sulfonamides is 1. The monoisotopic (exact) mass is 430 g/mol. The first-order valence-electron chi connectivity index (χ1n) is 9.52. The van der Waals surface area contributed by atoms with Gasteiger partial charge in [-0.15, -0.1) is 10.2 Å². The van der Waals surface area contributed by atoms with E-state index in [0.29, 0.717) is 18.2 Å². The van der Waals surface area contributed by atoms with Crippen molar-refractivity contribution < 1.29 is 13.5 Å². The summed E-state index contributed by atoms with van der Waals surface area (Å²) in [5.41, 5.74) is 2.27. The number of rotatable bonds is 7. The third kappa shape index (κ3) is 5.26. The third-order valence-electron chi connectivity index (χ3n) is 4.82. The number of pyridine rings is 1. The van der Waals surface area contributed by atoms with E-state index < -0.39 is 21.4 Å². The zero-order valence-electron chi connectivity index (χ0n) is 17.4. The maximum Gasteiger partial charge on any atom is 0.223 e. The molecular weight excluding hydrogens is 404 g/mol. The average molecular weight is 431 g/mol. The minimum absolute atomic E-state index is 0.158. The number of nitrogens with zero attached hydrogens (tertiary/aromatic N) is 5. The number of aliphatic hydroxyl groups is 1. The molecule has 0 amide bonds. The normalized spacial score (nSPS) is 14.1. The molecule has 2 aromatic heterocycles. The Balaban J connectivity index is 1.86. The zero-order chi connectivity index (χ0) is 22.1. The lowest BCUT2D eigenvalue weighted by Gasteiger charge is -2.21. The average Bonchev–Trinajstić information content (AvgIpc) is 3.10. The van der Waals surface area contributed by atoms with Gasteiger partial charge in [0.05, 0.1) is 18.0 Å². The molecule has 3 aromatic rings. The third-order valence-corrected chi connectivity index (χ3v) is 5.78. The van der Waals surface area contributed by atoms with Crippen LogP contribution in [0.1, 0.15) is 49.1 Å². The smallest absolute Gasteiger partial charge is 0.223 e. The van der Waals surface area contributed by atoms with E-state index in [4.69, 9.17) is 5.14 Å². The summed E-state index contributed by atoms with van der Waals surface area (Å²) in [6.45, 7) is 8.13. The van der Waals surface area contributed by atoms with E-state index in [2.05, 4.69) is 52.4 Å². The van der Waals surface area contributed by atoms with Gasteiger partial charge in [0.15, 0.2) is 0 Å². The molecule has 0 saturated heterocycles. The van der Waals surface area contributed by atoms with Gasteiger partial charge in [-0.3, -0.25) is 0 Å². The highest BCUT2D eigenvalue weighted by atomic mass is 32.2. The molecule has 1 aromatic carbocycles. The van der Waals surface area contributed by atoms with Gasteiger partial charge >= 0.3 is 0 Å². The van der Waals surface area contributed by atoms with E-state index >= 15 is 0 Å². The molecule has 9 nitrogen and oxygen atoms in total. The highest BCUT2D eigenvalue weighted by molar-refractivity contribution is 7.89. The van der Waals surface area contributed by atoms with Crippen LogP contribution in [-0.4, -0.2) is 44.5 Å². The summed E-state index contributed by atoms with van der Waals surface area (Å²) < 4.78 is 22.8. The molecule has 0 bridgehead atoms. The van der Waals surface area contributed by atoms with Crippen molar-refractivity contribution in [1.82, 2.24) is 25.2 Å². The highest BCUT2D eigenvalue weighted by Gasteiger charge is 2.30. The second-order valence-electron chi connectivity index (χ2n) is 7.97. The van der Waals surface area contributed by atoms with Crippen molar-refractivity contribution in [3.63, 3.8) is 0 Å². The summed E-state index contributed by atoms with van der Waals surface area (Å²) in [7, 11) is -3.89. The van der Waals surface area contributed by atoms with E-state index in [0.717, 1.165) is 11.1 Å². The van der Waals surface area contributed by atoms with Crippen molar-refractivity contribution in [3.8, 4) is 11.5 Å². The Hall–Kier alpha value is -2.69. The van der Waals surface area contributed by atoms with Crippen molar-refractivity contribution in [2.45, 2.75) is 45.8 Å². The fourth-order valence-electron chi connectivity index (χ4n) is 3.11. The van der Waals surface area contributed by atoms with Gasteiger partial charge in [0.1, 0.15) is 11.3 Å². The lowest BCUT2D eigenvalue weighted by Crippen LogP contribution is -2.35. The molecule has 0 aliphatic rings. The second-order valence-corrected chi connectivity index (χ2v) is 9.59. The van der Waals surface area contributed by atoms with Crippen LogP contribution in [0, 0.1) is 6.92 Å². The van der Waals surface area contributed by atoms with Crippen LogP contribution in [0.5, 0.6) is 0 Å². The molecule has 30 heavy (non-hydrogen) atoms. The number of tetrazole rings is 1. The Kier molecular flexibility index (Phi) is 6.02. The van der Waals surface area contributed by atoms with Crippen LogP contribution < -0.4 is 5.14 Å². The number of hydrogen-bond donors (Lipinski definition) is 2. The summed E-state index contributed by atoms with van der Waals surface area (Å²) in [5.74, 6) is 0.0452. The van der Waals surface area contributed by atoms with Gasteiger partial charge in [-0.2, -0.15) is 4.80 Å². The summed E-state index contributed by atoms with van der Waals surface area (Å²) in [4.78, 5) is 5.81. The van der Waals surface area contributed by atoms with Gasteiger partial charge in [-0.25, -0.2) is 18.5 Å². The van der Waals surface area contributed by atoms with Crippen LogP contribution in [0.4, 0.5) is 0 Å². The first-order valence-corrected chi connectivity index (χ1v) is 11.2. The quantitative estimate of drug-likeness (QED) is 0.582. The SMILES string of the molecule is Cc1ccc(C(C)C)cc1Cn1nnc(-c2cccc(C(C)(O)CS(N)(=O)=O)n2)n1. The fraction of sp³-hybridized carbons (Fsp3) is 0.400. The van der Waals surface area contributed by atoms with Crippen LogP contribution >= 0.6 is 0 Å². The molecule has 1 atom stereocenters. The molecule has 0 aliphatic carbocycles. The van der Waals surface area contributed by atoms with E-state index in [1.54, 1.807) is 12.1 Å². The number of aryl methyl sites for hydroxylation is 1. The van der Waals surface area contributed by atoms with Crippen LogP contribution in [-0.2, 0) is 22.2 Å². The molecule has 10 heteroatoms. The Morgan fingerprint density at radius 1 is 1.23 bits per heavy atom. The Morgan fingerprint density at radius 2 is 1.97 bits per heavy atom. The predicted octanol–water partition coefficient (Wildman–Crippen LogP) is 1.71. The number of sulfonamides is 1. The molecule has 0 fully saturated rings. The van der Waals surface area contributed by atoms with Gasteiger partial charge in [-0.05, 0) is 53.8 Å². The number of benzene rings is 1. The first-order chi connectivity index (χ1) is 13.9. The Labute approximate surface area is 176 Å². The first kappa shape index (κ1) is 22.0. The molecule has 0 saturated carbocycles. The van der Waals surface area contributed by atoms with E-state index in [1.807, 2.05) is 6.92 Å². The summed E-state index contributed by atoms with van der Waals surface area (Å²) in [5, 5.41) is 28.2. The largest absolute Gasteiger partial charge is 0.383 e. The lowest BCUT2D eigenvalue weighted by atomic mass is 9.98. The van der Waals surface area contributed by atoms with E-state index in [-0.39, 0.29) is 11.5 Å². The van der Waals surface area contributed by atoms with E-state index in [9.17, 15) is 13.5 Å². The van der Waals surface area contributed by atoms with Crippen molar-refractivity contribution in [2.24, 2.45) is 5.14 Å². The van der Waals surface area contributed by atoms with Crippen molar-refractivity contribution in [2.75, 3.05) is 5.75 Å². The van der Waals surface area contributed by atoms with Crippen molar-refractivity contribution >= 4 is 10.0 Å². The Morgan fingerprint density at radius 3 is 2.63 bits per heavy atom. The topological polar surface area (TPSA) is 137 Å². The van der Waals surface area contributed by atoms with Crippen LogP contribution in [0.3, 0.4) is 0 Å². The molecule has 0 radical (unpaired) electrons. The number of aromatic nitrogens is 5. The van der Waals surface area contributed by atoms with E-state index in [1.165, 1.54) is 23.4 Å². The minimum atomic E-state index is -3.89. The molecule has 0 spiro atoms. The molecule has 160 valence electrons. The Bertz CT molecular complexity index is 1150. The van der Waals surface area contributed by atoms with Crippen LogP contribution in [0.15, 0.2) is 36.4 Å². The lowest BCUT2D eigenvalue weighted by molar-refractivity contribution is 0.0773. The molecule has 3 rings (SSSR count). The van der Waals surface area contributed by atoms with Gasteiger partial charge in [0, 0.05) is 0 Å². The van der Waals surface area contributed by atoms with Gasteiger partial charge in [0.2, 0.25) is 15.8 Å². The molecule has 1 unspecified atom stereocenters. The molecule has 2 heterocycles. The van der Waals surface area contributed by atoms with Gasteiger partial charge in [-0.1, -0.05) is 38.1 Å². The number of nitrogens with two attached hydrogens (primary N) is 1.